The summed E-state index contributed by atoms with van der Waals surface area (Å²) in [6, 6.07) is 3.85. The van der Waals surface area contributed by atoms with E-state index in [1.165, 1.54) is 24.2 Å². The van der Waals surface area contributed by atoms with E-state index in [1.54, 1.807) is 6.07 Å². The molecule has 4 rings (SSSR count). The Kier molecular flexibility index (Phi) is 4.38. The summed E-state index contributed by atoms with van der Waals surface area (Å²) in [6.45, 7) is 3.41. The molecular formula is C18H24N6O. The fraction of sp³-hybridized carbons (Fsp3) is 0.556. The van der Waals surface area contributed by atoms with Gasteiger partial charge in [-0.3, -0.25) is 4.79 Å². The first-order chi connectivity index (χ1) is 12.3. The first-order valence-electron chi connectivity index (χ1n) is 9.22. The number of carbonyl (C=O) groups is 1. The van der Waals surface area contributed by atoms with Crippen molar-refractivity contribution in [2.45, 2.75) is 51.5 Å². The highest BCUT2D eigenvalue weighted by molar-refractivity contribution is 5.92. The molecular weight excluding hydrogens is 316 g/mol. The van der Waals surface area contributed by atoms with Crippen LogP contribution in [0.25, 0.3) is 0 Å². The zero-order valence-corrected chi connectivity index (χ0v) is 14.6. The van der Waals surface area contributed by atoms with E-state index in [4.69, 9.17) is 4.98 Å². The van der Waals surface area contributed by atoms with E-state index in [0.29, 0.717) is 12.2 Å². The number of nitrogens with one attached hydrogen (secondary N) is 2. The van der Waals surface area contributed by atoms with Gasteiger partial charge in [0.15, 0.2) is 11.5 Å². The Hall–Kier alpha value is -2.44. The molecule has 1 fully saturated rings. The Labute approximate surface area is 147 Å². The Morgan fingerprint density at radius 1 is 1.28 bits per heavy atom. The molecule has 0 unspecified atom stereocenters. The highest BCUT2D eigenvalue weighted by atomic mass is 16.1. The number of imidazole rings is 1. The fourth-order valence-corrected chi connectivity index (χ4v) is 3.81. The number of carbonyl (C=O) groups excluding carboxylic acids is 1. The average Bonchev–Trinajstić information content (AvgIpc) is 3.28. The van der Waals surface area contributed by atoms with Crippen molar-refractivity contribution in [3.05, 3.63) is 35.0 Å². The van der Waals surface area contributed by atoms with Gasteiger partial charge in [-0.05, 0) is 57.6 Å². The second-order valence-electron chi connectivity index (χ2n) is 6.74. The molecule has 7 heteroatoms. The van der Waals surface area contributed by atoms with Crippen LogP contribution in [0.5, 0.6) is 0 Å². The smallest absolute Gasteiger partial charge is 0.271 e. The molecule has 0 radical (unpaired) electrons. The zero-order chi connectivity index (χ0) is 17.2. The van der Waals surface area contributed by atoms with Crippen LogP contribution in [0.3, 0.4) is 0 Å². The standard InChI is InChI=1S/C18H24N6O/c1-2-19-18(25)14-9-10-16(23-22-14)24-11-5-8-15(24)17-20-12-6-3-4-7-13(12)21-17/h9-10,15H,2-8,11H2,1H3,(H,19,25)(H,20,21)/t15-/m1/s1. The van der Waals surface area contributed by atoms with Gasteiger partial charge in [-0.2, -0.15) is 0 Å². The summed E-state index contributed by atoms with van der Waals surface area (Å²) in [5.74, 6) is 1.68. The summed E-state index contributed by atoms with van der Waals surface area (Å²) in [5.41, 5.74) is 2.91. The molecule has 25 heavy (non-hydrogen) atoms. The van der Waals surface area contributed by atoms with Crippen LogP contribution in [-0.4, -0.2) is 39.2 Å². The largest absolute Gasteiger partial charge is 0.351 e. The molecule has 1 saturated heterocycles. The minimum Gasteiger partial charge on any atom is -0.351 e. The maximum atomic E-state index is 11.8. The van der Waals surface area contributed by atoms with E-state index < -0.39 is 0 Å². The summed E-state index contributed by atoms with van der Waals surface area (Å²) in [4.78, 5) is 22.5. The van der Waals surface area contributed by atoms with Crippen LogP contribution >= 0.6 is 0 Å². The molecule has 1 atom stereocenters. The van der Waals surface area contributed by atoms with Gasteiger partial charge >= 0.3 is 0 Å². The molecule has 2 N–H and O–H groups in total. The number of hydrogen-bond acceptors (Lipinski definition) is 5. The molecule has 1 aliphatic carbocycles. The number of H-pyrrole nitrogens is 1. The van der Waals surface area contributed by atoms with Crippen LogP contribution in [0.15, 0.2) is 12.1 Å². The van der Waals surface area contributed by atoms with Crippen molar-refractivity contribution in [2.24, 2.45) is 0 Å². The Bertz CT molecular complexity index is 730. The van der Waals surface area contributed by atoms with Crippen molar-refractivity contribution in [2.75, 3.05) is 18.0 Å². The van der Waals surface area contributed by atoms with Gasteiger partial charge in [0.25, 0.3) is 5.91 Å². The number of rotatable bonds is 4. The third kappa shape index (κ3) is 3.10. The average molecular weight is 340 g/mol. The van der Waals surface area contributed by atoms with E-state index in [1.807, 2.05) is 13.0 Å². The minimum absolute atomic E-state index is 0.182. The molecule has 0 aromatic carbocycles. The van der Waals surface area contributed by atoms with Crippen LogP contribution in [0.1, 0.15) is 66.3 Å². The number of aryl methyl sites for hydroxylation is 2. The predicted octanol–water partition coefficient (Wildman–Crippen LogP) is 2.17. The van der Waals surface area contributed by atoms with Gasteiger partial charge in [-0.15, -0.1) is 10.2 Å². The van der Waals surface area contributed by atoms with E-state index in [2.05, 4.69) is 25.4 Å². The number of aromatic nitrogens is 4. The maximum absolute atomic E-state index is 11.8. The van der Waals surface area contributed by atoms with Crippen LogP contribution in [0, 0.1) is 0 Å². The van der Waals surface area contributed by atoms with Gasteiger partial charge in [-0.25, -0.2) is 4.98 Å². The van der Waals surface area contributed by atoms with Crippen molar-refractivity contribution in [3.63, 3.8) is 0 Å². The lowest BCUT2D eigenvalue weighted by atomic mass is 10.0. The highest BCUT2D eigenvalue weighted by Crippen LogP contribution is 2.34. The molecule has 1 amide bonds. The molecule has 0 spiro atoms. The summed E-state index contributed by atoms with van der Waals surface area (Å²) >= 11 is 0. The zero-order valence-electron chi connectivity index (χ0n) is 14.6. The van der Waals surface area contributed by atoms with Gasteiger partial charge in [0.2, 0.25) is 0 Å². The number of fused-ring (bicyclic) bond motifs is 1. The third-order valence-electron chi connectivity index (χ3n) is 5.06. The van der Waals surface area contributed by atoms with Gasteiger partial charge in [-0.1, -0.05) is 0 Å². The summed E-state index contributed by atoms with van der Waals surface area (Å²) in [6.07, 6.45) is 6.84. The lowest BCUT2D eigenvalue weighted by molar-refractivity contribution is 0.0950. The van der Waals surface area contributed by atoms with Crippen molar-refractivity contribution < 1.29 is 4.79 Å². The molecule has 7 nitrogen and oxygen atoms in total. The van der Waals surface area contributed by atoms with E-state index in [9.17, 15) is 4.79 Å². The SMILES string of the molecule is CCNC(=O)c1ccc(N2CCC[C@@H]2c2nc3c([nH]2)CCCC3)nn1. The van der Waals surface area contributed by atoms with Crippen molar-refractivity contribution in [3.8, 4) is 0 Å². The molecule has 2 aromatic heterocycles. The van der Waals surface area contributed by atoms with E-state index in [0.717, 1.165) is 43.9 Å². The van der Waals surface area contributed by atoms with E-state index in [-0.39, 0.29) is 11.9 Å². The Balaban J connectivity index is 1.55. The second kappa shape index (κ2) is 6.82. The van der Waals surface area contributed by atoms with Crippen LogP contribution in [0.4, 0.5) is 5.82 Å². The number of amides is 1. The van der Waals surface area contributed by atoms with E-state index >= 15 is 0 Å². The lowest BCUT2D eigenvalue weighted by Crippen LogP contribution is -2.27. The molecule has 2 aliphatic rings. The topological polar surface area (TPSA) is 86.8 Å². The van der Waals surface area contributed by atoms with Gasteiger partial charge in [0.05, 0.1) is 11.7 Å². The van der Waals surface area contributed by atoms with Gasteiger partial charge < -0.3 is 15.2 Å². The second-order valence-corrected chi connectivity index (χ2v) is 6.74. The van der Waals surface area contributed by atoms with Crippen molar-refractivity contribution in [1.82, 2.24) is 25.5 Å². The van der Waals surface area contributed by atoms with Crippen LogP contribution in [-0.2, 0) is 12.8 Å². The summed E-state index contributed by atoms with van der Waals surface area (Å²) in [5, 5.41) is 11.1. The molecule has 1 aliphatic heterocycles. The highest BCUT2D eigenvalue weighted by Gasteiger charge is 2.31. The molecule has 2 aromatic rings. The number of nitrogens with zero attached hydrogens (tertiary/aromatic N) is 4. The molecule has 132 valence electrons. The molecule has 0 bridgehead atoms. The van der Waals surface area contributed by atoms with Gasteiger partial charge in [0, 0.05) is 18.8 Å². The van der Waals surface area contributed by atoms with Gasteiger partial charge in [0.1, 0.15) is 5.82 Å². The third-order valence-corrected chi connectivity index (χ3v) is 5.06. The summed E-state index contributed by atoms with van der Waals surface area (Å²) in [7, 11) is 0. The predicted molar refractivity (Wildman–Crippen MR) is 94.6 cm³/mol. The molecule has 3 heterocycles. The number of hydrogen-bond donors (Lipinski definition) is 2. The first-order valence-corrected chi connectivity index (χ1v) is 9.22. The Morgan fingerprint density at radius 3 is 2.92 bits per heavy atom. The minimum atomic E-state index is -0.182. The lowest BCUT2D eigenvalue weighted by Gasteiger charge is -2.23. The first kappa shape index (κ1) is 16.1. The van der Waals surface area contributed by atoms with Crippen LogP contribution in [0.2, 0.25) is 0 Å². The number of anilines is 1. The van der Waals surface area contributed by atoms with Crippen molar-refractivity contribution in [1.29, 1.82) is 0 Å². The monoisotopic (exact) mass is 340 g/mol. The summed E-state index contributed by atoms with van der Waals surface area (Å²) < 4.78 is 0. The normalized spacial score (nSPS) is 19.7. The maximum Gasteiger partial charge on any atom is 0.271 e. The molecule has 0 saturated carbocycles. The fourth-order valence-electron chi connectivity index (χ4n) is 3.81. The Morgan fingerprint density at radius 2 is 2.16 bits per heavy atom. The van der Waals surface area contributed by atoms with Crippen LogP contribution < -0.4 is 10.2 Å². The van der Waals surface area contributed by atoms with Crippen molar-refractivity contribution >= 4 is 11.7 Å². The quantitative estimate of drug-likeness (QED) is 0.891. The number of aromatic amines is 1.